The zero-order chi connectivity index (χ0) is 21.3. The van der Waals surface area contributed by atoms with Crippen molar-refractivity contribution in [1.82, 2.24) is 15.0 Å². The Morgan fingerprint density at radius 1 is 1.13 bits per heavy atom. The molecule has 3 heterocycles. The van der Waals surface area contributed by atoms with Gasteiger partial charge in [-0.05, 0) is 18.7 Å². The number of aromatic nitrogens is 3. The third-order valence-electron chi connectivity index (χ3n) is 4.83. The summed E-state index contributed by atoms with van der Waals surface area (Å²) in [5.74, 6) is 1.52. The van der Waals surface area contributed by atoms with Crippen LogP contribution in [0.2, 0.25) is 10.0 Å². The molecule has 4 rings (SSSR count). The molecule has 10 heteroatoms. The molecule has 1 aliphatic rings. The van der Waals surface area contributed by atoms with E-state index in [1.807, 2.05) is 12.3 Å². The van der Waals surface area contributed by atoms with Crippen LogP contribution in [0.1, 0.15) is 6.42 Å². The molecule has 3 aromatic rings. The molecule has 1 aliphatic heterocycles. The summed E-state index contributed by atoms with van der Waals surface area (Å²) in [5, 5.41) is 5.65. The van der Waals surface area contributed by atoms with Gasteiger partial charge in [-0.15, -0.1) is 0 Å². The lowest BCUT2D eigenvalue weighted by Crippen LogP contribution is -2.20. The number of rotatable bonds is 6. The van der Waals surface area contributed by atoms with Crippen molar-refractivity contribution in [3.8, 4) is 22.8 Å². The van der Waals surface area contributed by atoms with Gasteiger partial charge in [0.05, 0.1) is 42.6 Å². The number of methoxy groups -OCH3 is 2. The van der Waals surface area contributed by atoms with Crippen molar-refractivity contribution in [3.63, 3.8) is 0 Å². The topological polar surface area (TPSA) is 78.4 Å². The molecule has 30 heavy (non-hydrogen) atoms. The minimum atomic E-state index is 0.148. The fourth-order valence-electron chi connectivity index (χ4n) is 3.30. The van der Waals surface area contributed by atoms with Crippen LogP contribution in [-0.4, -0.2) is 54.7 Å². The van der Waals surface area contributed by atoms with E-state index in [4.69, 9.17) is 42.4 Å². The van der Waals surface area contributed by atoms with Gasteiger partial charge < -0.3 is 19.5 Å². The highest BCUT2D eigenvalue weighted by Gasteiger charge is 2.23. The van der Waals surface area contributed by atoms with Crippen molar-refractivity contribution < 1.29 is 14.2 Å². The van der Waals surface area contributed by atoms with Crippen molar-refractivity contribution in [2.75, 3.05) is 39.0 Å². The van der Waals surface area contributed by atoms with Crippen LogP contribution in [0.15, 0.2) is 23.5 Å². The number of nitrogens with one attached hydrogen (secondary N) is 1. The van der Waals surface area contributed by atoms with Gasteiger partial charge in [-0.25, -0.2) is 15.0 Å². The van der Waals surface area contributed by atoms with Gasteiger partial charge >= 0.3 is 0 Å². The number of ether oxygens (including phenoxy) is 3. The van der Waals surface area contributed by atoms with Crippen LogP contribution in [0.4, 0.5) is 5.82 Å². The molecule has 2 aromatic heterocycles. The fourth-order valence-corrected chi connectivity index (χ4v) is 4.34. The summed E-state index contributed by atoms with van der Waals surface area (Å²) in [4.78, 5) is 13.9. The van der Waals surface area contributed by atoms with Gasteiger partial charge in [0.1, 0.15) is 17.0 Å². The quantitative estimate of drug-likeness (QED) is 0.404. The average molecular weight is 467 g/mol. The second kappa shape index (κ2) is 9.01. The van der Waals surface area contributed by atoms with E-state index < -0.39 is 0 Å². The van der Waals surface area contributed by atoms with Gasteiger partial charge in [-0.1, -0.05) is 35.0 Å². The SMILES string of the molecule is COc1cc(OC)c(Cl)c(-c2cc3cnc(SC)nc3c(NC3CCOC3)n2)c1Cl. The van der Waals surface area contributed by atoms with Gasteiger partial charge in [0.25, 0.3) is 0 Å². The number of anilines is 1. The summed E-state index contributed by atoms with van der Waals surface area (Å²) in [6.45, 7) is 1.33. The number of fused-ring (bicyclic) bond motifs is 1. The standard InChI is InChI=1S/C20H20Cl2N4O3S/c1-27-13-7-14(28-2)17(22)15(16(13)21)12-6-10-8-23-20(30-3)26-18(10)19(25-12)24-11-4-5-29-9-11/h6-8,11H,4-5,9H2,1-3H3,(H,24,25). The predicted octanol–water partition coefficient (Wildman–Crippen LogP) is 4.94. The molecule has 0 aliphatic carbocycles. The van der Waals surface area contributed by atoms with Gasteiger partial charge in [0.15, 0.2) is 11.0 Å². The lowest BCUT2D eigenvalue weighted by molar-refractivity contribution is 0.195. The molecule has 0 amide bonds. The predicted molar refractivity (Wildman–Crippen MR) is 121 cm³/mol. The van der Waals surface area contributed by atoms with Crippen molar-refractivity contribution in [3.05, 3.63) is 28.4 Å². The Balaban J connectivity index is 1.94. The second-order valence-electron chi connectivity index (χ2n) is 6.64. The Morgan fingerprint density at radius 3 is 2.47 bits per heavy atom. The van der Waals surface area contributed by atoms with E-state index in [2.05, 4.69) is 15.3 Å². The highest BCUT2D eigenvalue weighted by atomic mass is 35.5. The molecule has 1 atom stereocenters. The third-order valence-corrected chi connectivity index (χ3v) is 6.14. The molecular weight excluding hydrogens is 447 g/mol. The van der Waals surface area contributed by atoms with Crippen LogP contribution in [0, 0.1) is 0 Å². The Kier molecular flexibility index (Phi) is 6.38. The number of benzene rings is 1. The molecule has 0 saturated carbocycles. The van der Waals surface area contributed by atoms with E-state index in [-0.39, 0.29) is 6.04 Å². The van der Waals surface area contributed by atoms with E-state index in [9.17, 15) is 0 Å². The number of hydrogen-bond acceptors (Lipinski definition) is 8. The molecule has 1 unspecified atom stereocenters. The van der Waals surface area contributed by atoms with E-state index in [0.29, 0.717) is 57.0 Å². The number of hydrogen-bond donors (Lipinski definition) is 1. The molecule has 7 nitrogen and oxygen atoms in total. The highest BCUT2D eigenvalue weighted by molar-refractivity contribution is 7.98. The van der Waals surface area contributed by atoms with Crippen LogP contribution >= 0.6 is 35.0 Å². The molecule has 0 radical (unpaired) electrons. The Bertz CT molecular complexity index is 1070. The van der Waals surface area contributed by atoms with E-state index in [1.165, 1.54) is 26.0 Å². The molecule has 1 aromatic carbocycles. The first-order valence-electron chi connectivity index (χ1n) is 9.22. The van der Waals surface area contributed by atoms with Crippen LogP contribution in [0.25, 0.3) is 22.2 Å². The maximum Gasteiger partial charge on any atom is 0.187 e. The summed E-state index contributed by atoms with van der Waals surface area (Å²) in [6, 6.07) is 3.66. The summed E-state index contributed by atoms with van der Waals surface area (Å²) >= 11 is 14.7. The minimum absolute atomic E-state index is 0.148. The van der Waals surface area contributed by atoms with Gasteiger partial charge in [-0.3, -0.25) is 0 Å². The zero-order valence-corrected chi connectivity index (χ0v) is 19.0. The summed E-state index contributed by atoms with van der Waals surface area (Å²) in [5.41, 5.74) is 1.82. The fraction of sp³-hybridized carbons (Fsp3) is 0.350. The van der Waals surface area contributed by atoms with E-state index >= 15 is 0 Å². The average Bonchev–Trinajstić information content (AvgIpc) is 3.27. The monoisotopic (exact) mass is 466 g/mol. The third kappa shape index (κ3) is 3.97. The first kappa shape index (κ1) is 21.2. The number of nitrogens with zero attached hydrogens (tertiary/aromatic N) is 3. The molecule has 1 saturated heterocycles. The molecule has 158 valence electrons. The molecule has 1 N–H and O–H groups in total. The second-order valence-corrected chi connectivity index (χ2v) is 8.17. The van der Waals surface area contributed by atoms with E-state index in [1.54, 1.807) is 12.3 Å². The summed E-state index contributed by atoms with van der Waals surface area (Å²) < 4.78 is 16.3. The van der Waals surface area contributed by atoms with Gasteiger partial charge in [0, 0.05) is 29.8 Å². The minimum Gasteiger partial charge on any atom is -0.495 e. The molecular formula is C20H20Cl2N4O3S. The maximum atomic E-state index is 6.62. The molecule has 0 spiro atoms. The van der Waals surface area contributed by atoms with Crippen molar-refractivity contribution >= 4 is 51.7 Å². The Morgan fingerprint density at radius 2 is 1.87 bits per heavy atom. The van der Waals surface area contributed by atoms with Crippen LogP contribution in [-0.2, 0) is 4.74 Å². The summed E-state index contributed by atoms with van der Waals surface area (Å²) in [6.07, 6.45) is 4.60. The number of pyridine rings is 1. The Hall–Kier alpha value is -2.00. The van der Waals surface area contributed by atoms with Crippen molar-refractivity contribution in [2.24, 2.45) is 0 Å². The lowest BCUT2D eigenvalue weighted by atomic mass is 10.1. The smallest absolute Gasteiger partial charge is 0.187 e. The van der Waals surface area contributed by atoms with Gasteiger partial charge in [0.2, 0.25) is 0 Å². The highest BCUT2D eigenvalue weighted by Crippen LogP contribution is 2.46. The largest absolute Gasteiger partial charge is 0.495 e. The Labute approximate surface area is 188 Å². The van der Waals surface area contributed by atoms with E-state index in [0.717, 1.165) is 17.3 Å². The molecule has 0 bridgehead atoms. The van der Waals surface area contributed by atoms with Crippen LogP contribution < -0.4 is 14.8 Å². The maximum absolute atomic E-state index is 6.62. The first-order valence-corrected chi connectivity index (χ1v) is 11.2. The van der Waals surface area contributed by atoms with Crippen LogP contribution in [0.3, 0.4) is 0 Å². The number of thioether (sulfide) groups is 1. The van der Waals surface area contributed by atoms with Gasteiger partial charge in [-0.2, -0.15) is 0 Å². The lowest BCUT2D eigenvalue weighted by Gasteiger charge is -2.17. The normalized spacial score (nSPS) is 16.1. The van der Waals surface area contributed by atoms with Crippen LogP contribution in [0.5, 0.6) is 11.5 Å². The summed E-state index contributed by atoms with van der Waals surface area (Å²) in [7, 11) is 3.08. The zero-order valence-electron chi connectivity index (χ0n) is 16.7. The number of halogens is 2. The first-order chi connectivity index (χ1) is 14.5. The van der Waals surface area contributed by atoms with Crippen molar-refractivity contribution in [1.29, 1.82) is 0 Å². The molecule has 1 fully saturated rings. The van der Waals surface area contributed by atoms with Crippen molar-refractivity contribution in [2.45, 2.75) is 17.6 Å².